The van der Waals surface area contributed by atoms with Crippen molar-refractivity contribution in [2.45, 2.75) is 12.2 Å². The molecule has 0 aliphatic rings. The fourth-order valence-corrected chi connectivity index (χ4v) is 2.74. The van der Waals surface area contributed by atoms with Gasteiger partial charge < -0.3 is 0 Å². The zero-order chi connectivity index (χ0) is 14.4. The molecular formula is C16H14ClFOS. The van der Waals surface area contributed by atoms with Crippen LogP contribution in [0, 0.1) is 5.82 Å². The highest BCUT2D eigenvalue weighted by molar-refractivity contribution is 7.98. The molecule has 2 aromatic carbocycles. The summed E-state index contributed by atoms with van der Waals surface area (Å²) in [5, 5.41) is 0.727. The molecule has 0 heterocycles. The Morgan fingerprint density at radius 1 is 1.05 bits per heavy atom. The Morgan fingerprint density at radius 2 is 1.70 bits per heavy atom. The number of hydrogen-bond acceptors (Lipinski definition) is 2. The predicted octanol–water partition coefficient (Wildman–Crippen LogP) is 4.99. The van der Waals surface area contributed by atoms with E-state index in [1.165, 1.54) is 29.8 Å². The van der Waals surface area contributed by atoms with Gasteiger partial charge in [0.25, 0.3) is 0 Å². The topological polar surface area (TPSA) is 17.1 Å². The van der Waals surface area contributed by atoms with Gasteiger partial charge in [0.05, 0.1) is 0 Å². The Kier molecular flexibility index (Phi) is 5.62. The van der Waals surface area contributed by atoms with E-state index in [9.17, 15) is 9.18 Å². The number of carbonyl (C=O) groups excluding carboxylic acids is 1. The van der Waals surface area contributed by atoms with Crippen molar-refractivity contribution in [3.8, 4) is 0 Å². The summed E-state index contributed by atoms with van der Waals surface area (Å²) in [7, 11) is 0. The van der Waals surface area contributed by atoms with Crippen LogP contribution in [0.1, 0.15) is 22.3 Å². The van der Waals surface area contributed by atoms with E-state index >= 15 is 0 Å². The fraction of sp³-hybridized carbons (Fsp3) is 0.188. The highest BCUT2D eigenvalue weighted by atomic mass is 35.5. The SMILES string of the molecule is O=C(CCSCc1ccc(Cl)cc1)c1ccc(F)cc1. The van der Waals surface area contributed by atoms with Crippen molar-refractivity contribution >= 4 is 29.1 Å². The highest BCUT2D eigenvalue weighted by Crippen LogP contribution is 2.17. The van der Waals surface area contributed by atoms with E-state index in [-0.39, 0.29) is 11.6 Å². The van der Waals surface area contributed by atoms with Crippen molar-refractivity contribution in [3.63, 3.8) is 0 Å². The lowest BCUT2D eigenvalue weighted by molar-refractivity contribution is 0.0989. The summed E-state index contributed by atoms with van der Waals surface area (Å²) >= 11 is 7.52. The Hall–Kier alpha value is -1.32. The van der Waals surface area contributed by atoms with Gasteiger partial charge in [0.15, 0.2) is 5.78 Å². The molecule has 4 heteroatoms. The third-order valence-electron chi connectivity index (χ3n) is 2.82. The molecule has 0 aliphatic heterocycles. The largest absolute Gasteiger partial charge is 0.294 e. The van der Waals surface area contributed by atoms with Crippen LogP contribution in [0.3, 0.4) is 0 Å². The number of rotatable bonds is 6. The summed E-state index contributed by atoms with van der Waals surface area (Å²) in [5.74, 6) is 1.33. The van der Waals surface area contributed by atoms with Crippen LogP contribution in [-0.4, -0.2) is 11.5 Å². The van der Waals surface area contributed by atoms with E-state index in [4.69, 9.17) is 11.6 Å². The fourth-order valence-electron chi connectivity index (χ4n) is 1.72. The lowest BCUT2D eigenvalue weighted by Gasteiger charge is -2.03. The minimum absolute atomic E-state index is 0.0496. The van der Waals surface area contributed by atoms with Gasteiger partial charge in [0, 0.05) is 28.5 Å². The molecule has 0 fully saturated rings. The number of hydrogen-bond donors (Lipinski definition) is 0. The number of benzene rings is 2. The summed E-state index contributed by atoms with van der Waals surface area (Å²) in [6.45, 7) is 0. The van der Waals surface area contributed by atoms with Crippen LogP contribution in [0.5, 0.6) is 0 Å². The number of ketones is 1. The standard InChI is InChI=1S/C16H14ClFOS/c17-14-5-1-12(2-6-14)11-20-10-9-16(19)13-3-7-15(18)8-4-13/h1-8H,9-11H2. The molecule has 0 aliphatic carbocycles. The Morgan fingerprint density at radius 3 is 2.35 bits per heavy atom. The van der Waals surface area contributed by atoms with Gasteiger partial charge >= 0.3 is 0 Å². The van der Waals surface area contributed by atoms with Gasteiger partial charge in [-0.15, -0.1) is 0 Å². The summed E-state index contributed by atoms with van der Waals surface area (Å²) < 4.78 is 12.7. The second-order valence-corrected chi connectivity index (χ2v) is 5.90. The first kappa shape index (κ1) is 15.1. The van der Waals surface area contributed by atoms with Crippen molar-refractivity contribution in [3.05, 3.63) is 70.5 Å². The zero-order valence-electron chi connectivity index (χ0n) is 10.8. The van der Waals surface area contributed by atoms with Crippen molar-refractivity contribution in [2.24, 2.45) is 0 Å². The van der Waals surface area contributed by atoms with Gasteiger partial charge in [-0.3, -0.25) is 4.79 Å². The van der Waals surface area contributed by atoms with Crippen LogP contribution in [0.2, 0.25) is 5.02 Å². The quantitative estimate of drug-likeness (QED) is 0.552. The Bertz CT molecular complexity index is 566. The lowest BCUT2D eigenvalue weighted by Crippen LogP contribution is -2.00. The summed E-state index contributed by atoms with van der Waals surface area (Å²) in [6.07, 6.45) is 0.462. The molecule has 0 atom stereocenters. The smallest absolute Gasteiger partial charge is 0.163 e. The molecule has 104 valence electrons. The lowest BCUT2D eigenvalue weighted by atomic mass is 10.1. The molecule has 0 radical (unpaired) electrons. The van der Waals surface area contributed by atoms with Gasteiger partial charge in [0.1, 0.15) is 5.82 Å². The van der Waals surface area contributed by atoms with Crippen LogP contribution in [0.15, 0.2) is 48.5 Å². The zero-order valence-corrected chi connectivity index (χ0v) is 12.4. The summed E-state index contributed by atoms with van der Waals surface area (Å²) in [6, 6.07) is 13.4. The summed E-state index contributed by atoms with van der Waals surface area (Å²) in [5.41, 5.74) is 1.76. The van der Waals surface area contributed by atoms with Crippen LogP contribution in [0.25, 0.3) is 0 Å². The third-order valence-corrected chi connectivity index (χ3v) is 4.10. The second kappa shape index (κ2) is 7.46. The molecule has 1 nitrogen and oxygen atoms in total. The van der Waals surface area contributed by atoms with Gasteiger partial charge in [0.2, 0.25) is 0 Å². The van der Waals surface area contributed by atoms with E-state index in [1.54, 1.807) is 11.8 Å². The molecule has 0 N–H and O–H groups in total. The first-order chi connectivity index (χ1) is 9.65. The van der Waals surface area contributed by atoms with Crippen molar-refractivity contribution in [2.75, 3.05) is 5.75 Å². The molecule has 0 spiro atoms. The van der Waals surface area contributed by atoms with Crippen molar-refractivity contribution in [1.82, 2.24) is 0 Å². The second-order valence-electron chi connectivity index (χ2n) is 4.36. The van der Waals surface area contributed by atoms with Crippen LogP contribution in [0.4, 0.5) is 4.39 Å². The molecule has 0 unspecified atom stereocenters. The van der Waals surface area contributed by atoms with Gasteiger partial charge in [-0.2, -0.15) is 11.8 Å². The summed E-state index contributed by atoms with van der Waals surface area (Å²) in [4.78, 5) is 11.9. The molecule has 0 bridgehead atoms. The van der Waals surface area contributed by atoms with Crippen LogP contribution in [-0.2, 0) is 5.75 Å². The van der Waals surface area contributed by atoms with E-state index in [0.29, 0.717) is 12.0 Å². The Labute approximate surface area is 127 Å². The van der Waals surface area contributed by atoms with Crippen molar-refractivity contribution < 1.29 is 9.18 Å². The number of halogens is 2. The Balaban J connectivity index is 1.74. The molecule has 2 rings (SSSR count). The third kappa shape index (κ3) is 4.66. The average molecular weight is 309 g/mol. The molecule has 0 amide bonds. The maximum Gasteiger partial charge on any atom is 0.163 e. The molecule has 2 aromatic rings. The highest BCUT2D eigenvalue weighted by Gasteiger charge is 2.05. The van der Waals surface area contributed by atoms with Gasteiger partial charge in [-0.05, 0) is 42.0 Å². The number of Topliss-reactive ketones (excluding diaryl/α,β-unsaturated/α-hetero) is 1. The molecule has 0 saturated carbocycles. The van der Waals surface area contributed by atoms with E-state index < -0.39 is 0 Å². The number of carbonyl (C=O) groups is 1. The monoisotopic (exact) mass is 308 g/mol. The van der Waals surface area contributed by atoms with Crippen molar-refractivity contribution in [1.29, 1.82) is 0 Å². The maximum absolute atomic E-state index is 12.7. The minimum Gasteiger partial charge on any atom is -0.294 e. The first-order valence-corrected chi connectivity index (χ1v) is 7.79. The van der Waals surface area contributed by atoms with E-state index in [2.05, 4.69) is 0 Å². The minimum atomic E-state index is -0.321. The first-order valence-electron chi connectivity index (χ1n) is 6.26. The molecule has 20 heavy (non-hydrogen) atoms. The molecular weight excluding hydrogens is 295 g/mol. The van der Waals surface area contributed by atoms with Gasteiger partial charge in [-0.25, -0.2) is 4.39 Å². The average Bonchev–Trinajstić information content (AvgIpc) is 2.46. The number of thioether (sulfide) groups is 1. The van der Waals surface area contributed by atoms with Crippen LogP contribution >= 0.6 is 23.4 Å². The predicted molar refractivity (Wildman–Crippen MR) is 83.0 cm³/mol. The van der Waals surface area contributed by atoms with Crippen LogP contribution < -0.4 is 0 Å². The van der Waals surface area contributed by atoms with E-state index in [0.717, 1.165) is 16.5 Å². The van der Waals surface area contributed by atoms with Gasteiger partial charge in [-0.1, -0.05) is 23.7 Å². The molecule has 0 saturated heterocycles. The van der Waals surface area contributed by atoms with E-state index in [1.807, 2.05) is 24.3 Å². The molecule has 0 aromatic heterocycles. The normalized spacial score (nSPS) is 10.5. The maximum atomic E-state index is 12.7.